The van der Waals surface area contributed by atoms with Gasteiger partial charge in [-0.1, -0.05) is 29.8 Å². The second kappa shape index (κ2) is 6.38. The minimum Gasteiger partial charge on any atom is -0.448 e. The van der Waals surface area contributed by atoms with E-state index in [1.165, 1.54) is 16.0 Å². The first kappa shape index (κ1) is 14.9. The number of carbonyl (C=O) groups is 2. The van der Waals surface area contributed by atoms with Gasteiger partial charge < -0.3 is 9.64 Å². The number of benzene rings is 1. The monoisotopic (exact) mass is 302 g/mol. The van der Waals surface area contributed by atoms with Crippen molar-refractivity contribution in [2.75, 3.05) is 32.8 Å². The number of ether oxygens (including phenoxy) is 1. The predicted molar refractivity (Wildman–Crippen MR) is 82.7 cm³/mol. The lowest BCUT2D eigenvalue weighted by Gasteiger charge is -2.34. The minimum absolute atomic E-state index is 0.0243. The van der Waals surface area contributed by atoms with Crippen LogP contribution in [0.3, 0.4) is 0 Å². The van der Waals surface area contributed by atoms with Crippen LogP contribution < -0.4 is 0 Å². The number of rotatable bonds is 3. The molecule has 0 spiro atoms. The number of hydrogen-bond acceptors (Lipinski definition) is 3. The van der Waals surface area contributed by atoms with E-state index in [-0.39, 0.29) is 18.5 Å². The molecular weight excluding hydrogens is 280 g/mol. The Morgan fingerprint density at radius 2 is 2.23 bits per heavy atom. The van der Waals surface area contributed by atoms with E-state index >= 15 is 0 Å². The van der Waals surface area contributed by atoms with Crippen molar-refractivity contribution in [1.29, 1.82) is 0 Å². The fourth-order valence-electron chi connectivity index (χ4n) is 3.23. The quantitative estimate of drug-likeness (QED) is 0.859. The third-order valence-electron chi connectivity index (χ3n) is 4.46. The molecule has 0 bridgehead atoms. The largest absolute Gasteiger partial charge is 0.448 e. The smallest absolute Gasteiger partial charge is 0.410 e. The molecule has 0 radical (unpaired) electrons. The van der Waals surface area contributed by atoms with Crippen molar-refractivity contribution in [3.63, 3.8) is 0 Å². The molecule has 0 aliphatic carbocycles. The number of nitrogens with zero attached hydrogens (tertiary/aromatic N) is 2. The zero-order valence-electron chi connectivity index (χ0n) is 13.0. The molecule has 2 aliphatic heterocycles. The summed E-state index contributed by atoms with van der Waals surface area (Å²) >= 11 is 0. The van der Waals surface area contributed by atoms with Crippen molar-refractivity contribution in [2.24, 2.45) is 0 Å². The van der Waals surface area contributed by atoms with Crippen molar-refractivity contribution >= 4 is 12.0 Å². The van der Waals surface area contributed by atoms with Crippen molar-refractivity contribution < 1.29 is 14.3 Å². The van der Waals surface area contributed by atoms with E-state index in [2.05, 4.69) is 31.2 Å². The Kier molecular flexibility index (Phi) is 4.32. The van der Waals surface area contributed by atoms with E-state index in [4.69, 9.17) is 4.74 Å². The lowest BCUT2D eigenvalue weighted by molar-refractivity contribution is -0.132. The maximum absolute atomic E-state index is 12.4. The second-order valence-corrected chi connectivity index (χ2v) is 6.13. The molecule has 5 nitrogen and oxygen atoms in total. The Hall–Kier alpha value is -2.04. The van der Waals surface area contributed by atoms with Crippen molar-refractivity contribution in [3.8, 4) is 0 Å². The van der Waals surface area contributed by atoms with Crippen LogP contribution in [0.1, 0.15) is 29.9 Å². The van der Waals surface area contributed by atoms with Gasteiger partial charge in [0.05, 0.1) is 6.54 Å². The minimum atomic E-state index is -0.374. The Balaban J connectivity index is 1.62. The van der Waals surface area contributed by atoms with Crippen LogP contribution in [0.4, 0.5) is 4.79 Å². The summed E-state index contributed by atoms with van der Waals surface area (Å²) in [6, 6.07) is 8.51. The molecule has 1 aromatic carbocycles. The van der Waals surface area contributed by atoms with Gasteiger partial charge in [0.2, 0.25) is 5.91 Å². The van der Waals surface area contributed by atoms with Gasteiger partial charge in [-0.25, -0.2) is 4.79 Å². The van der Waals surface area contributed by atoms with Crippen LogP contribution in [0.25, 0.3) is 0 Å². The van der Waals surface area contributed by atoms with Crippen LogP contribution in [0.2, 0.25) is 0 Å². The van der Waals surface area contributed by atoms with E-state index in [9.17, 15) is 9.59 Å². The molecule has 2 heterocycles. The fourth-order valence-corrected chi connectivity index (χ4v) is 3.23. The molecule has 0 unspecified atom stereocenters. The second-order valence-electron chi connectivity index (χ2n) is 6.13. The normalized spacial score (nSPS) is 21.9. The number of cyclic esters (lactones) is 1. The highest BCUT2D eigenvalue weighted by atomic mass is 16.6. The molecule has 0 saturated carbocycles. The van der Waals surface area contributed by atoms with Gasteiger partial charge in [0.1, 0.15) is 13.2 Å². The topological polar surface area (TPSA) is 49.9 Å². The average molecular weight is 302 g/mol. The summed E-state index contributed by atoms with van der Waals surface area (Å²) in [6.07, 6.45) is 1.74. The van der Waals surface area contributed by atoms with Gasteiger partial charge in [-0.2, -0.15) is 0 Å². The highest BCUT2D eigenvalue weighted by molar-refractivity contribution is 5.83. The third-order valence-corrected chi connectivity index (χ3v) is 4.46. The molecule has 22 heavy (non-hydrogen) atoms. The SMILES string of the molecule is Cc1cccc([C@H]2CCCN(C(=O)CN3CCOC3=O)C2)c1. The highest BCUT2D eigenvalue weighted by Crippen LogP contribution is 2.27. The first-order valence-electron chi connectivity index (χ1n) is 7.89. The van der Waals surface area contributed by atoms with Gasteiger partial charge >= 0.3 is 6.09 Å². The first-order chi connectivity index (χ1) is 10.6. The molecule has 1 atom stereocenters. The van der Waals surface area contributed by atoms with Gasteiger partial charge in [-0.05, 0) is 25.3 Å². The van der Waals surface area contributed by atoms with E-state index in [0.29, 0.717) is 19.1 Å². The molecule has 2 fully saturated rings. The van der Waals surface area contributed by atoms with Crippen LogP contribution in [0, 0.1) is 6.92 Å². The fraction of sp³-hybridized carbons (Fsp3) is 0.529. The van der Waals surface area contributed by atoms with Gasteiger partial charge in [0, 0.05) is 19.0 Å². The molecular formula is C17H22N2O3. The summed E-state index contributed by atoms with van der Waals surface area (Å²) in [5.41, 5.74) is 2.55. The van der Waals surface area contributed by atoms with Crippen molar-refractivity contribution in [1.82, 2.24) is 9.80 Å². The number of hydrogen-bond donors (Lipinski definition) is 0. The third kappa shape index (κ3) is 3.24. The predicted octanol–water partition coefficient (Wildman–Crippen LogP) is 2.15. The van der Waals surface area contributed by atoms with E-state index < -0.39 is 0 Å². The number of likely N-dealkylation sites (tertiary alicyclic amines) is 1. The van der Waals surface area contributed by atoms with Gasteiger partial charge in [0.15, 0.2) is 0 Å². The molecule has 5 heteroatoms. The lowest BCUT2D eigenvalue weighted by Crippen LogP contribution is -2.44. The average Bonchev–Trinajstić information content (AvgIpc) is 2.92. The van der Waals surface area contributed by atoms with E-state index in [0.717, 1.165) is 25.9 Å². The number of piperidine rings is 1. The Labute approximate surface area is 130 Å². The molecule has 118 valence electrons. The lowest BCUT2D eigenvalue weighted by atomic mass is 9.90. The number of carbonyl (C=O) groups excluding carboxylic acids is 2. The van der Waals surface area contributed by atoms with E-state index in [1.807, 2.05) is 4.90 Å². The molecule has 2 saturated heterocycles. The zero-order valence-corrected chi connectivity index (χ0v) is 13.0. The van der Waals surface area contributed by atoms with E-state index in [1.54, 1.807) is 0 Å². The van der Waals surface area contributed by atoms with Gasteiger partial charge in [-0.3, -0.25) is 9.69 Å². The molecule has 2 amide bonds. The standard InChI is InChI=1S/C17H22N2O3/c1-13-4-2-5-14(10-13)15-6-3-7-18(11-15)16(20)12-19-8-9-22-17(19)21/h2,4-5,10,15H,3,6-9,11-12H2,1H3/t15-/m0/s1. The summed E-state index contributed by atoms with van der Waals surface area (Å²) in [6.45, 7) is 4.65. The number of aryl methyl sites for hydroxylation is 1. The molecule has 0 N–H and O–H groups in total. The van der Waals surface area contributed by atoms with Gasteiger partial charge in [-0.15, -0.1) is 0 Å². The maximum Gasteiger partial charge on any atom is 0.410 e. The zero-order chi connectivity index (χ0) is 15.5. The van der Waals surface area contributed by atoms with Crippen LogP contribution >= 0.6 is 0 Å². The number of amides is 2. The van der Waals surface area contributed by atoms with Crippen LogP contribution in [0.5, 0.6) is 0 Å². The Morgan fingerprint density at radius 1 is 1.36 bits per heavy atom. The van der Waals surface area contributed by atoms with Crippen molar-refractivity contribution in [2.45, 2.75) is 25.7 Å². The molecule has 0 aromatic heterocycles. The Bertz CT molecular complexity index is 573. The first-order valence-corrected chi connectivity index (χ1v) is 7.89. The summed E-state index contributed by atoms with van der Waals surface area (Å²) in [5, 5.41) is 0. The molecule has 1 aromatic rings. The van der Waals surface area contributed by atoms with Crippen LogP contribution in [-0.2, 0) is 9.53 Å². The molecule has 2 aliphatic rings. The highest BCUT2D eigenvalue weighted by Gasteiger charge is 2.29. The summed E-state index contributed by atoms with van der Waals surface area (Å²) in [4.78, 5) is 27.2. The molecule has 3 rings (SSSR count). The maximum atomic E-state index is 12.4. The Morgan fingerprint density at radius 3 is 2.95 bits per heavy atom. The van der Waals surface area contributed by atoms with Gasteiger partial charge in [0.25, 0.3) is 0 Å². The summed E-state index contributed by atoms with van der Waals surface area (Å²) in [5.74, 6) is 0.416. The summed E-state index contributed by atoms with van der Waals surface area (Å²) < 4.78 is 4.87. The summed E-state index contributed by atoms with van der Waals surface area (Å²) in [7, 11) is 0. The van der Waals surface area contributed by atoms with Crippen LogP contribution in [-0.4, -0.2) is 54.6 Å². The van der Waals surface area contributed by atoms with Crippen molar-refractivity contribution in [3.05, 3.63) is 35.4 Å². The van der Waals surface area contributed by atoms with Crippen LogP contribution in [0.15, 0.2) is 24.3 Å².